The van der Waals surface area contributed by atoms with E-state index in [-0.39, 0.29) is 18.2 Å². The van der Waals surface area contributed by atoms with Crippen LogP contribution in [0.25, 0.3) is 0 Å². The van der Waals surface area contributed by atoms with Crippen molar-refractivity contribution in [3.8, 4) is 5.75 Å². The first kappa shape index (κ1) is 22.3. The Morgan fingerprint density at radius 3 is 2.32 bits per heavy atom. The van der Waals surface area contributed by atoms with E-state index in [1.165, 1.54) is 0 Å². The van der Waals surface area contributed by atoms with E-state index in [9.17, 15) is 14.7 Å². The highest BCUT2D eigenvalue weighted by Crippen LogP contribution is 2.33. The number of rotatable bonds is 10. The lowest BCUT2D eigenvalue weighted by Gasteiger charge is -2.30. The van der Waals surface area contributed by atoms with E-state index in [2.05, 4.69) is 26.1 Å². The van der Waals surface area contributed by atoms with Crippen LogP contribution in [-0.2, 0) is 16.0 Å². The first-order valence-electron chi connectivity index (χ1n) is 10.7. The van der Waals surface area contributed by atoms with Crippen molar-refractivity contribution in [2.45, 2.75) is 71.8 Å². The number of benzene rings is 1. The highest BCUT2D eigenvalue weighted by Gasteiger charge is 2.30. The Bertz CT molecular complexity index is 618. The summed E-state index contributed by atoms with van der Waals surface area (Å²) in [5.41, 5.74) is 0.874. The standard InChI is InChI=1S/C23H35NO4/c1-4-5-14-28-20-12-6-17(7-13-20)15-21(23(26)27)24-22(25)19-10-8-18(9-11-19)16(2)3/h6-7,12-13,16,18-19,21H,4-5,8-11,14-15H2,1-3H3,(H,24,25)(H,26,27)/t18?,19?,21-/m0/s1. The van der Waals surface area contributed by atoms with Gasteiger partial charge in [-0.25, -0.2) is 4.79 Å². The third-order valence-corrected chi connectivity index (χ3v) is 5.83. The van der Waals surface area contributed by atoms with Crippen molar-refractivity contribution in [2.75, 3.05) is 6.61 Å². The van der Waals surface area contributed by atoms with Gasteiger partial charge in [-0.05, 0) is 61.6 Å². The van der Waals surface area contributed by atoms with Crippen molar-refractivity contribution in [1.82, 2.24) is 5.32 Å². The number of carboxylic acids is 1. The van der Waals surface area contributed by atoms with E-state index in [0.29, 0.717) is 18.4 Å². The molecule has 1 aliphatic rings. The smallest absolute Gasteiger partial charge is 0.326 e. The maximum atomic E-state index is 12.6. The molecule has 156 valence electrons. The summed E-state index contributed by atoms with van der Waals surface area (Å²) in [5, 5.41) is 12.3. The molecule has 5 nitrogen and oxygen atoms in total. The second-order valence-corrected chi connectivity index (χ2v) is 8.31. The third kappa shape index (κ3) is 6.84. The van der Waals surface area contributed by atoms with Crippen LogP contribution in [0.15, 0.2) is 24.3 Å². The van der Waals surface area contributed by atoms with Gasteiger partial charge in [-0.3, -0.25) is 4.79 Å². The molecule has 2 rings (SSSR count). The van der Waals surface area contributed by atoms with Gasteiger partial charge in [0, 0.05) is 12.3 Å². The van der Waals surface area contributed by atoms with E-state index < -0.39 is 12.0 Å². The van der Waals surface area contributed by atoms with E-state index in [1.54, 1.807) is 0 Å². The average molecular weight is 390 g/mol. The zero-order chi connectivity index (χ0) is 20.5. The van der Waals surface area contributed by atoms with Crippen molar-refractivity contribution in [1.29, 1.82) is 0 Å². The first-order chi connectivity index (χ1) is 13.4. The Morgan fingerprint density at radius 1 is 1.14 bits per heavy atom. The van der Waals surface area contributed by atoms with Gasteiger partial charge in [0.15, 0.2) is 0 Å². The van der Waals surface area contributed by atoms with Crippen LogP contribution in [0, 0.1) is 17.8 Å². The molecule has 1 fully saturated rings. The highest BCUT2D eigenvalue weighted by atomic mass is 16.5. The Hall–Kier alpha value is -2.04. The number of carbonyl (C=O) groups excluding carboxylic acids is 1. The Morgan fingerprint density at radius 2 is 1.79 bits per heavy atom. The first-order valence-corrected chi connectivity index (χ1v) is 10.7. The van der Waals surface area contributed by atoms with Crippen LogP contribution in [0.5, 0.6) is 5.75 Å². The van der Waals surface area contributed by atoms with Crippen LogP contribution in [0.2, 0.25) is 0 Å². The molecule has 5 heteroatoms. The lowest BCUT2D eigenvalue weighted by Crippen LogP contribution is -2.45. The zero-order valence-corrected chi connectivity index (χ0v) is 17.4. The third-order valence-electron chi connectivity index (χ3n) is 5.83. The maximum Gasteiger partial charge on any atom is 0.326 e. The van der Waals surface area contributed by atoms with E-state index >= 15 is 0 Å². The fourth-order valence-corrected chi connectivity index (χ4v) is 3.83. The summed E-state index contributed by atoms with van der Waals surface area (Å²) in [6, 6.07) is 6.56. The minimum absolute atomic E-state index is 0.0637. The van der Waals surface area contributed by atoms with Gasteiger partial charge in [-0.2, -0.15) is 0 Å². The molecule has 1 aliphatic carbocycles. The van der Waals surface area contributed by atoms with Crippen LogP contribution in [0.3, 0.4) is 0 Å². The molecule has 0 aliphatic heterocycles. The molecule has 1 aromatic rings. The summed E-state index contributed by atoms with van der Waals surface area (Å²) in [5.74, 6) is 0.935. The predicted octanol–water partition coefficient (Wildman–Crippen LogP) is 4.44. The molecule has 0 saturated heterocycles. The fourth-order valence-electron chi connectivity index (χ4n) is 3.83. The monoisotopic (exact) mass is 389 g/mol. The molecule has 1 aromatic carbocycles. The second kappa shape index (κ2) is 11.1. The zero-order valence-electron chi connectivity index (χ0n) is 17.4. The summed E-state index contributed by atoms with van der Waals surface area (Å²) in [6.45, 7) is 7.25. The van der Waals surface area contributed by atoms with Gasteiger partial charge < -0.3 is 15.2 Å². The van der Waals surface area contributed by atoms with Crippen LogP contribution >= 0.6 is 0 Å². The summed E-state index contributed by atoms with van der Waals surface area (Å²) in [4.78, 5) is 24.3. The van der Waals surface area contributed by atoms with Crippen LogP contribution < -0.4 is 10.1 Å². The molecule has 0 heterocycles. The summed E-state index contributed by atoms with van der Waals surface area (Å²) < 4.78 is 5.64. The number of carboxylic acid groups (broad SMARTS) is 1. The Kier molecular flexibility index (Phi) is 8.81. The number of amides is 1. The lowest BCUT2D eigenvalue weighted by atomic mass is 9.76. The number of hydrogen-bond donors (Lipinski definition) is 2. The van der Waals surface area contributed by atoms with Gasteiger partial charge in [-0.1, -0.05) is 39.3 Å². The second-order valence-electron chi connectivity index (χ2n) is 8.31. The van der Waals surface area contributed by atoms with Crippen molar-refractivity contribution >= 4 is 11.9 Å². The number of unbranched alkanes of at least 4 members (excludes halogenated alkanes) is 1. The minimum Gasteiger partial charge on any atom is -0.494 e. The Balaban J connectivity index is 1.87. The molecular formula is C23H35NO4. The topological polar surface area (TPSA) is 75.6 Å². The molecule has 0 spiro atoms. The molecule has 0 radical (unpaired) electrons. The number of hydrogen-bond acceptors (Lipinski definition) is 3. The van der Waals surface area contributed by atoms with Gasteiger partial charge >= 0.3 is 5.97 Å². The summed E-state index contributed by atoms with van der Waals surface area (Å²) in [6.07, 6.45) is 6.17. The number of nitrogens with one attached hydrogen (secondary N) is 1. The van der Waals surface area contributed by atoms with Gasteiger partial charge in [0.2, 0.25) is 5.91 Å². The SMILES string of the molecule is CCCCOc1ccc(C[C@H](NC(=O)C2CCC(C(C)C)CC2)C(=O)O)cc1. The molecule has 1 amide bonds. The molecule has 2 N–H and O–H groups in total. The van der Waals surface area contributed by atoms with Crippen LogP contribution in [-0.4, -0.2) is 29.6 Å². The van der Waals surface area contributed by atoms with Crippen LogP contribution in [0.1, 0.15) is 64.9 Å². The molecule has 28 heavy (non-hydrogen) atoms. The molecule has 1 saturated carbocycles. The van der Waals surface area contributed by atoms with Gasteiger partial charge in [-0.15, -0.1) is 0 Å². The van der Waals surface area contributed by atoms with E-state index in [1.807, 2.05) is 24.3 Å². The van der Waals surface area contributed by atoms with Crippen LogP contribution in [0.4, 0.5) is 0 Å². The van der Waals surface area contributed by atoms with Crippen molar-refractivity contribution < 1.29 is 19.4 Å². The summed E-state index contributed by atoms with van der Waals surface area (Å²) >= 11 is 0. The maximum absolute atomic E-state index is 12.6. The van der Waals surface area contributed by atoms with Gasteiger partial charge in [0.25, 0.3) is 0 Å². The molecule has 0 aromatic heterocycles. The van der Waals surface area contributed by atoms with E-state index in [0.717, 1.165) is 49.8 Å². The van der Waals surface area contributed by atoms with Crippen molar-refractivity contribution in [2.24, 2.45) is 17.8 Å². The van der Waals surface area contributed by atoms with Crippen molar-refractivity contribution in [3.05, 3.63) is 29.8 Å². The molecule has 0 bridgehead atoms. The minimum atomic E-state index is -0.993. The van der Waals surface area contributed by atoms with Crippen molar-refractivity contribution in [3.63, 3.8) is 0 Å². The average Bonchev–Trinajstić information content (AvgIpc) is 2.68. The number of aliphatic carboxylic acids is 1. The lowest BCUT2D eigenvalue weighted by molar-refractivity contribution is -0.142. The highest BCUT2D eigenvalue weighted by molar-refractivity contribution is 5.85. The Labute approximate surface area is 168 Å². The number of ether oxygens (including phenoxy) is 1. The largest absolute Gasteiger partial charge is 0.494 e. The van der Waals surface area contributed by atoms with E-state index in [4.69, 9.17) is 4.74 Å². The normalized spacial score (nSPS) is 20.6. The quantitative estimate of drug-likeness (QED) is 0.580. The molecule has 1 atom stereocenters. The number of carbonyl (C=O) groups is 2. The predicted molar refractivity (Wildman–Crippen MR) is 110 cm³/mol. The van der Waals surface area contributed by atoms with Gasteiger partial charge in [0.05, 0.1) is 6.61 Å². The van der Waals surface area contributed by atoms with Gasteiger partial charge in [0.1, 0.15) is 11.8 Å². The summed E-state index contributed by atoms with van der Waals surface area (Å²) in [7, 11) is 0. The fraction of sp³-hybridized carbons (Fsp3) is 0.652. The molecule has 0 unspecified atom stereocenters. The molecular weight excluding hydrogens is 354 g/mol.